The molecule has 0 saturated carbocycles. The number of phenols is 1. The smallest absolute Gasteiger partial charge is 0.131 e. The van der Waals surface area contributed by atoms with Crippen molar-refractivity contribution < 1.29 is 5.11 Å². The summed E-state index contributed by atoms with van der Waals surface area (Å²) >= 11 is 12.1. The summed E-state index contributed by atoms with van der Waals surface area (Å²) in [4.78, 5) is 0. The molecule has 3 rings (SSSR count). The molecule has 3 nitrogen and oxygen atoms in total. The zero-order valence-electron chi connectivity index (χ0n) is 13.3. The standard InChI is InChI=1S/C20H14Cl2N2O/c1-11-6-15(12-2-4-17(21)14(8-12)10-23)20(25)16(7-11)13-3-5-19(24)18(22)9-13/h2-9,25H,24H2,1H3. The van der Waals surface area contributed by atoms with E-state index in [4.69, 9.17) is 28.9 Å². The van der Waals surface area contributed by atoms with Crippen LogP contribution in [0.4, 0.5) is 5.69 Å². The highest BCUT2D eigenvalue weighted by molar-refractivity contribution is 6.33. The van der Waals surface area contributed by atoms with Gasteiger partial charge in [-0.05, 0) is 60.0 Å². The summed E-state index contributed by atoms with van der Waals surface area (Å²) in [6.07, 6.45) is 0. The topological polar surface area (TPSA) is 70.0 Å². The lowest BCUT2D eigenvalue weighted by atomic mass is 9.94. The van der Waals surface area contributed by atoms with E-state index in [1.807, 2.05) is 25.1 Å². The van der Waals surface area contributed by atoms with E-state index in [0.29, 0.717) is 38.0 Å². The molecule has 25 heavy (non-hydrogen) atoms. The Hall–Kier alpha value is -2.67. The van der Waals surface area contributed by atoms with Gasteiger partial charge in [0.15, 0.2) is 0 Å². The first-order valence-electron chi connectivity index (χ1n) is 7.49. The number of hydrogen-bond acceptors (Lipinski definition) is 3. The predicted octanol–water partition coefficient (Wildman–Crippen LogP) is 5.80. The van der Waals surface area contributed by atoms with Crippen LogP contribution in [0.2, 0.25) is 10.0 Å². The van der Waals surface area contributed by atoms with Gasteiger partial charge < -0.3 is 10.8 Å². The highest BCUT2D eigenvalue weighted by Crippen LogP contribution is 2.41. The highest BCUT2D eigenvalue weighted by atomic mass is 35.5. The second kappa shape index (κ2) is 6.68. The third-order valence-corrected chi connectivity index (χ3v) is 4.62. The molecule has 0 amide bonds. The molecule has 5 heteroatoms. The number of anilines is 1. The number of nitrogens with zero attached hydrogens (tertiary/aromatic N) is 1. The lowest BCUT2D eigenvalue weighted by Crippen LogP contribution is -1.90. The van der Waals surface area contributed by atoms with Crippen LogP contribution in [0.25, 0.3) is 22.3 Å². The van der Waals surface area contributed by atoms with E-state index in [1.54, 1.807) is 30.3 Å². The van der Waals surface area contributed by atoms with Gasteiger partial charge >= 0.3 is 0 Å². The minimum absolute atomic E-state index is 0.109. The fourth-order valence-corrected chi connectivity index (χ4v) is 3.03. The molecule has 0 aromatic heterocycles. The van der Waals surface area contributed by atoms with Crippen molar-refractivity contribution in [1.82, 2.24) is 0 Å². The minimum atomic E-state index is 0.109. The van der Waals surface area contributed by atoms with E-state index in [1.165, 1.54) is 0 Å². The van der Waals surface area contributed by atoms with Crippen molar-refractivity contribution in [2.45, 2.75) is 6.92 Å². The largest absolute Gasteiger partial charge is 0.507 e. The molecule has 0 atom stereocenters. The molecule has 3 aromatic carbocycles. The minimum Gasteiger partial charge on any atom is -0.507 e. The van der Waals surface area contributed by atoms with Crippen LogP contribution in [-0.2, 0) is 0 Å². The normalized spacial score (nSPS) is 10.5. The zero-order chi connectivity index (χ0) is 18.1. The Balaban J connectivity index is 2.22. The summed E-state index contributed by atoms with van der Waals surface area (Å²) in [6, 6.07) is 16.1. The number of aryl methyl sites for hydroxylation is 1. The molecule has 0 spiro atoms. The molecule has 3 aromatic rings. The summed E-state index contributed by atoms with van der Waals surface area (Å²) in [5.41, 5.74) is 10.3. The van der Waals surface area contributed by atoms with Gasteiger partial charge in [0.05, 0.1) is 21.3 Å². The SMILES string of the molecule is Cc1cc(-c2ccc(N)c(Cl)c2)c(O)c(-c2ccc(Cl)c(C#N)c2)c1. The number of hydrogen-bond donors (Lipinski definition) is 2. The monoisotopic (exact) mass is 368 g/mol. The van der Waals surface area contributed by atoms with Gasteiger partial charge in [-0.3, -0.25) is 0 Å². The number of nitriles is 1. The molecule has 0 heterocycles. The maximum absolute atomic E-state index is 10.8. The van der Waals surface area contributed by atoms with Crippen LogP contribution in [-0.4, -0.2) is 5.11 Å². The number of halogens is 2. The van der Waals surface area contributed by atoms with Crippen molar-refractivity contribution >= 4 is 28.9 Å². The van der Waals surface area contributed by atoms with Gasteiger partial charge in [-0.1, -0.05) is 35.3 Å². The molecule has 3 N–H and O–H groups in total. The van der Waals surface area contributed by atoms with Crippen LogP contribution in [0.5, 0.6) is 5.75 Å². The molecule has 0 radical (unpaired) electrons. The Morgan fingerprint density at radius 1 is 0.920 bits per heavy atom. The Morgan fingerprint density at radius 2 is 1.52 bits per heavy atom. The number of aromatic hydroxyl groups is 1. The van der Waals surface area contributed by atoms with Crippen LogP contribution < -0.4 is 5.73 Å². The van der Waals surface area contributed by atoms with Gasteiger partial charge in [-0.25, -0.2) is 0 Å². The zero-order valence-corrected chi connectivity index (χ0v) is 14.9. The molecule has 0 saturated heterocycles. The third-order valence-electron chi connectivity index (χ3n) is 3.96. The van der Waals surface area contributed by atoms with Crippen molar-refractivity contribution in [3.05, 3.63) is 69.7 Å². The van der Waals surface area contributed by atoms with Crippen molar-refractivity contribution in [2.75, 3.05) is 5.73 Å². The van der Waals surface area contributed by atoms with Crippen molar-refractivity contribution in [3.63, 3.8) is 0 Å². The van der Waals surface area contributed by atoms with Gasteiger partial charge in [0.1, 0.15) is 11.8 Å². The van der Waals surface area contributed by atoms with Crippen molar-refractivity contribution in [2.24, 2.45) is 0 Å². The highest BCUT2D eigenvalue weighted by Gasteiger charge is 2.14. The molecule has 0 fully saturated rings. The van der Waals surface area contributed by atoms with Gasteiger partial charge in [0.2, 0.25) is 0 Å². The fourth-order valence-electron chi connectivity index (χ4n) is 2.69. The molecule has 0 aliphatic heterocycles. The average Bonchev–Trinajstić information content (AvgIpc) is 2.59. The van der Waals surface area contributed by atoms with Crippen LogP contribution in [0.15, 0.2) is 48.5 Å². The second-order valence-electron chi connectivity index (χ2n) is 5.75. The van der Waals surface area contributed by atoms with E-state index in [2.05, 4.69) is 6.07 Å². The molecule has 0 aliphatic rings. The lowest BCUT2D eigenvalue weighted by molar-refractivity contribution is 0.479. The van der Waals surface area contributed by atoms with Crippen LogP contribution in [0.1, 0.15) is 11.1 Å². The summed E-state index contributed by atoms with van der Waals surface area (Å²) < 4.78 is 0. The first-order chi connectivity index (χ1) is 11.9. The molecular weight excluding hydrogens is 355 g/mol. The van der Waals surface area contributed by atoms with Gasteiger partial charge in [-0.2, -0.15) is 5.26 Å². The number of rotatable bonds is 2. The maximum atomic E-state index is 10.8. The third kappa shape index (κ3) is 3.28. The lowest BCUT2D eigenvalue weighted by Gasteiger charge is -2.13. The molecular formula is C20H14Cl2N2O. The van der Waals surface area contributed by atoms with Crippen molar-refractivity contribution in [3.8, 4) is 34.1 Å². The van der Waals surface area contributed by atoms with Crippen molar-refractivity contribution in [1.29, 1.82) is 5.26 Å². The quantitative estimate of drug-likeness (QED) is 0.561. The van der Waals surface area contributed by atoms with Crippen LogP contribution in [0, 0.1) is 18.3 Å². The Morgan fingerprint density at radius 3 is 2.12 bits per heavy atom. The predicted molar refractivity (Wildman–Crippen MR) is 103 cm³/mol. The van der Waals surface area contributed by atoms with Gasteiger partial charge in [0.25, 0.3) is 0 Å². The Kier molecular flexibility index (Phi) is 4.59. The Bertz CT molecular complexity index is 1020. The van der Waals surface area contributed by atoms with Crippen LogP contribution in [0.3, 0.4) is 0 Å². The number of nitrogen functional groups attached to an aromatic ring is 1. The summed E-state index contributed by atoms with van der Waals surface area (Å²) in [6.45, 7) is 1.94. The first kappa shape index (κ1) is 17.2. The Labute approximate surface area is 155 Å². The van der Waals surface area contributed by atoms with E-state index in [-0.39, 0.29) is 5.75 Å². The molecule has 124 valence electrons. The maximum Gasteiger partial charge on any atom is 0.131 e. The van der Waals surface area contributed by atoms with E-state index in [0.717, 1.165) is 11.1 Å². The van der Waals surface area contributed by atoms with Gasteiger partial charge in [-0.15, -0.1) is 0 Å². The average molecular weight is 369 g/mol. The molecule has 0 aliphatic carbocycles. The summed E-state index contributed by atoms with van der Waals surface area (Å²) in [5, 5.41) is 20.8. The van der Waals surface area contributed by atoms with E-state index >= 15 is 0 Å². The first-order valence-corrected chi connectivity index (χ1v) is 8.25. The second-order valence-corrected chi connectivity index (χ2v) is 6.57. The number of nitrogens with two attached hydrogens (primary N) is 1. The van der Waals surface area contributed by atoms with Crippen LogP contribution >= 0.6 is 23.2 Å². The fraction of sp³-hybridized carbons (Fsp3) is 0.0500. The number of benzene rings is 3. The summed E-state index contributed by atoms with van der Waals surface area (Å²) in [7, 11) is 0. The molecule has 0 bridgehead atoms. The molecule has 0 unspecified atom stereocenters. The summed E-state index contributed by atoms with van der Waals surface area (Å²) in [5.74, 6) is 0.109. The van der Waals surface area contributed by atoms with E-state index in [9.17, 15) is 10.4 Å². The number of phenolic OH excluding ortho intramolecular Hbond substituents is 1. The van der Waals surface area contributed by atoms with E-state index < -0.39 is 0 Å². The van der Waals surface area contributed by atoms with Gasteiger partial charge in [0, 0.05) is 11.1 Å².